The molecule has 0 saturated heterocycles. The van der Waals surface area contributed by atoms with Crippen LogP contribution in [0.3, 0.4) is 0 Å². The van der Waals surface area contributed by atoms with Gasteiger partial charge in [0.1, 0.15) is 0 Å². The Morgan fingerprint density at radius 3 is 1.44 bits per heavy atom. The summed E-state index contributed by atoms with van der Waals surface area (Å²) < 4.78 is 0. The predicted octanol–water partition coefficient (Wildman–Crippen LogP) is -1.92. The Kier molecular flexibility index (Phi) is 3.72. The molecule has 4 heteroatoms. The van der Waals surface area contributed by atoms with Gasteiger partial charge in [0.2, 0.25) is 0 Å². The third-order valence-corrected chi connectivity index (χ3v) is 1.28. The highest BCUT2D eigenvalue weighted by molar-refractivity contribution is 4.85. The monoisotopic (exact) mass is 134 g/mol. The first-order chi connectivity index (χ1) is 4.24. The molecule has 4 nitrogen and oxygen atoms in total. The first-order valence-electron chi connectivity index (χ1n) is 2.61. The van der Waals surface area contributed by atoms with Crippen LogP contribution in [0, 0.1) is 7.05 Å². The molecule has 0 aliphatic rings. The molecule has 0 atom stereocenters. The smallest absolute Gasteiger partial charge is 0.0882 e. The Morgan fingerprint density at radius 2 is 1.44 bits per heavy atom. The van der Waals surface area contributed by atoms with Crippen molar-refractivity contribution >= 4 is 0 Å². The largest absolute Gasteiger partial charge is 0.394 e. The molecule has 4 N–H and O–H groups in total. The van der Waals surface area contributed by atoms with Gasteiger partial charge < -0.3 is 20.6 Å². The molecule has 0 fully saturated rings. The topological polar surface area (TPSA) is 72.7 Å². The molecule has 0 aromatic heterocycles. The van der Waals surface area contributed by atoms with Gasteiger partial charge in [0, 0.05) is 7.05 Å². The van der Waals surface area contributed by atoms with E-state index < -0.39 is 5.54 Å². The summed E-state index contributed by atoms with van der Waals surface area (Å²) in [5, 5.41) is 28.0. The van der Waals surface area contributed by atoms with Crippen LogP contribution in [0.5, 0.6) is 0 Å². The van der Waals surface area contributed by atoms with Gasteiger partial charge in [-0.2, -0.15) is 0 Å². The van der Waals surface area contributed by atoms with E-state index in [4.69, 9.17) is 15.3 Å². The third-order valence-electron chi connectivity index (χ3n) is 1.28. The summed E-state index contributed by atoms with van der Waals surface area (Å²) in [6, 6.07) is 0. The highest BCUT2D eigenvalue weighted by Crippen LogP contribution is 1.98. The third kappa shape index (κ3) is 1.91. The van der Waals surface area contributed by atoms with E-state index in [1.807, 2.05) is 0 Å². The van der Waals surface area contributed by atoms with Crippen LogP contribution in [0.2, 0.25) is 0 Å². The van der Waals surface area contributed by atoms with Gasteiger partial charge >= 0.3 is 0 Å². The van der Waals surface area contributed by atoms with E-state index in [1.165, 1.54) is 0 Å². The molecule has 9 heavy (non-hydrogen) atoms. The molecule has 0 saturated carbocycles. The standard InChI is InChI=1S/C5H12NO3/c1-6-5(2-7,3-8)4-9/h6-9H,1-4H2. The summed E-state index contributed by atoms with van der Waals surface area (Å²) in [7, 11) is 3.24. The van der Waals surface area contributed by atoms with Crippen LogP contribution in [0.25, 0.3) is 0 Å². The van der Waals surface area contributed by atoms with Crippen molar-refractivity contribution in [1.82, 2.24) is 5.32 Å². The van der Waals surface area contributed by atoms with Crippen LogP contribution in [0.4, 0.5) is 0 Å². The van der Waals surface area contributed by atoms with Crippen molar-refractivity contribution in [2.75, 3.05) is 19.8 Å². The van der Waals surface area contributed by atoms with Gasteiger partial charge in [0.25, 0.3) is 0 Å². The molecule has 0 aromatic rings. The molecule has 55 valence electrons. The Bertz CT molecular complexity index is 55.1. The van der Waals surface area contributed by atoms with Gasteiger partial charge in [-0.05, 0) is 0 Å². The van der Waals surface area contributed by atoms with Crippen molar-refractivity contribution < 1.29 is 15.3 Å². The van der Waals surface area contributed by atoms with E-state index >= 15 is 0 Å². The fourth-order valence-electron chi connectivity index (χ4n) is 0.318. The molecular weight excluding hydrogens is 122 g/mol. The average Bonchev–Trinajstić information content (AvgIpc) is 1.95. The van der Waals surface area contributed by atoms with Crippen LogP contribution in [-0.2, 0) is 0 Å². The van der Waals surface area contributed by atoms with Crippen molar-refractivity contribution in [3.05, 3.63) is 7.05 Å². The summed E-state index contributed by atoms with van der Waals surface area (Å²) in [5.41, 5.74) is -1.03. The van der Waals surface area contributed by atoms with E-state index in [0.717, 1.165) is 0 Å². The normalized spacial score (nSPS) is 12.0. The quantitative estimate of drug-likeness (QED) is 0.362. The zero-order valence-corrected chi connectivity index (χ0v) is 5.17. The maximum absolute atomic E-state index is 8.55. The minimum atomic E-state index is -1.03. The minimum Gasteiger partial charge on any atom is -0.394 e. The fraction of sp³-hybridized carbons (Fsp3) is 0.800. The summed E-state index contributed by atoms with van der Waals surface area (Å²) >= 11 is 0. The zero-order chi connectivity index (χ0) is 7.33. The number of aliphatic hydroxyl groups excluding tert-OH is 3. The Balaban J connectivity index is 3.82. The van der Waals surface area contributed by atoms with Gasteiger partial charge in [-0.15, -0.1) is 0 Å². The molecule has 0 aliphatic heterocycles. The lowest BCUT2D eigenvalue weighted by molar-refractivity contribution is 0.0514. The number of hydrogen-bond donors (Lipinski definition) is 4. The van der Waals surface area contributed by atoms with E-state index in [-0.39, 0.29) is 19.8 Å². The molecule has 1 radical (unpaired) electrons. The van der Waals surface area contributed by atoms with Crippen molar-refractivity contribution in [2.24, 2.45) is 0 Å². The Hall–Kier alpha value is -0.160. The van der Waals surface area contributed by atoms with Crippen LogP contribution in [0.15, 0.2) is 0 Å². The lowest BCUT2D eigenvalue weighted by Crippen LogP contribution is -2.52. The van der Waals surface area contributed by atoms with Gasteiger partial charge in [0.05, 0.1) is 25.4 Å². The van der Waals surface area contributed by atoms with Crippen LogP contribution >= 0.6 is 0 Å². The molecule has 0 unspecified atom stereocenters. The molecular formula is C5H12NO3. The molecule has 0 aliphatic carbocycles. The Labute approximate surface area is 54.1 Å². The first kappa shape index (κ1) is 8.84. The first-order valence-corrected chi connectivity index (χ1v) is 2.61. The van der Waals surface area contributed by atoms with E-state index in [0.29, 0.717) is 0 Å². The summed E-state index contributed by atoms with van der Waals surface area (Å²) in [5.74, 6) is 0. The second kappa shape index (κ2) is 3.79. The van der Waals surface area contributed by atoms with Crippen LogP contribution in [-0.4, -0.2) is 40.7 Å². The van der Waals surface area contributed by atoms with Crippen molar-refractivity contribution in [3.8, 4) is 0 Å². The van der Waals surface area contributed by atoms with Crippen molar-refractivity contribution in [3.63, 3.8) is 0 Å². The molecule has 0 bridgehead atoms. The molecule has 0 amide bonds. The minimum absolute atomic E-state index is 0.330. The summed E-state index contributed by atoms with van der Waals surface area (Å²) in [4.78, 5) is 0. The van der Waals surface area contributed by atoms with Gasteiger partial charge in [-0.1, -0.05) is 0 Å². The van der Waals surface area contributed by atoms with Crippen molar-refractivity contribution in [1.29, 1.82) is 0 Å². The molecule has 0 rings (SSSR count). The number of nitrogens with one attached hydrogen (secondary N) is 1. The predicted molar refractivity (Wildman–Crippen MR) is 32.5 cm³/mol. The Morgan fingerprint density at radius 1 is 1.11 bits per heavy atom. The molecule has 0 heterocycles. The SMILES string of the molecule is [CH2]NC(CO)(CO)CO. The highest BCUT2D eigenvalue weighted by Gasteiger charge is 2.24. The number of rotatable bonds is 4. The second-order valence-electron chi connectivity index (χ2n) is 1.93. The van der Waals surface area contributed by atoms with E-state index in [2.05, 4.69) is 12.4 Å². The second-order valence-corrected chi connectivity index (χ2v) is 1.93. The molecule has 0 aromatic carbocycles. The van der Waals surface area contributed by atoms with Crippen molar-refractivity contribution in [2.45, 2.75) is 5.54 Å². The summed E-state index contributed by atoms with van der Waals surface area (Å²) in [6.07, 6.45) is 0. The maximum Gasteiger partial charge on any atom is 0.0882 e. The lowest BCUT2D eigenvalue weighted by atomic mass is 10.1. The van der Waals surface area contributed by atoms with Gasteiger partial charge in [-0.25, -0.2) is 0 Å². The summed E-state index contributed by atoms with van der Waals surface area (Å²) in [6.45, 7) is -0.990. The number of hydrogen-bond acceptors (Lipinski definition) is 4. The molecule has 0 spiro atoms. The maximum atomic E-state index is 8.55. The van der Waals surface area contributed by atoms with E-state index in [9.17, 15) is 0 Å². The number of aliphatic hydroxyl groups is 3. The van der Waals surface area contributed by atoms with Gasteiger partial charge in [0.15, 0.2) is 0 Å². The van der Waals surface area contributed by atoms with E-state index in [1.54, 1.807) is 0 Å². The zero-order valence-electron chi connectivity index (χ0n) is 5.17. The van der Waals surface area contributed by atoms with Gasteiger partial charge in [-0.3, -0.25) is 0 Å². The van der Waals surface area contributed by atoms with Crippen LogP contribution < -0.4 is 5.32 Å². The highest BCUT2D eigenvalue weighted by atomic mass is 16.3. The van der Waals surface area contributed by atoms with Crippen LogP contribution in [0.1, 0.15) is 0 Å². The average molecular weight is 134 g/mol. The fourth-order valence-corrected chi connectivity index (χ4v) is 0.318. The lowest BCUT2D eigenvalue weighted by Gasteiger charge is -2.25.